The summed E-state index contributed by atoms with van der Waals surface area (Å²) in [4.78, 5) is 23.3. The number of carbonyl (C=O) groups is 2. The number of Topliss-reactive ketones (excluding diaryl/α,β-unsaturated/α-hetero) is 1. The minimum absolute atomic E-state index is 0.0601. The molecule has 1 aliphatic rings. The van der Waals surface area contributed by atoms with Crippen molar-refractivity contribution in [3.05, 3.63) is 58.7 Å². The van der Waals surface area contributed by atoms with E-state index in [1.807, 2.05) is 43.4 Å². The highest BCUT2D eigenvalue weighted by molar-refractivity contribution is 5.95. The molecule has 1 N–H and O–H groups in total. The number of carbonyl (C=O) groups excluding carboxylic acids is 2. The van der Waals surface area contributed by atoms with E-state index in [0.29, 0.717) is 19.4 Å². The van der Waals surface area contributed by atoms with E-state index in [9.17, 15) is 9.59 Å². The van der Waals surface area contributed by atoms with Gasteiger partial charge in [-0.05, 0) is 36.5 Å². The summed E-state index contributed by atoms with van der Waals surface area (Å²) in [6.07, 6.45) is 7.95. The Bertz CT molecular complexity index is 612. The Morgan fingerprint density at radius 3 is 2.57 bits per heavy atom. The van der Waals surface area contributed by atoms with Crippen molar-refractivity contribution in [2.75, 3.05) is 6.54 Å². The molecule has 1 aromatic carbocycles. The Hall–Kier alpha value is -2.16. The first kappa shape index (κ1) is 15.2. The molecule has 0 bridgehead atoms. The number of hydrogen-bond donors (Lipinski definition) is 1. The van der Waals surface area contributed by atoms with Crippen molar-refractivity contribution in [2.24, 2.45) is 0 Å². The van der Waals surface area contributed by atoms with Crippen molar-refractivity contribution in [2.45, 2.75) is 33.1 Å². The monoisotopic (exact) mass is 283 g/mol. The zero-order valence-corrected chi connectivity index (χ0v) is 12.6. The zero-order chi connectivity index (χ0) is 15.2. The maximum atomic E-state index is 11.8. The van der Waals surface area contributed by atoms with E-state index in [0.717, 1.165) is 28.7 Å². The second-order valence-electron chi connectivity index (χ2n) is 5.28. The maximum absolute atomic E-state index is 11.8. The number of benzene rings is 1. The lowest BCUT2D eigenvalue weighted by molar-refractivity contribution is -0.120. The molecule has 0 saturated carbocycles. The molecular weight excluding hydrogens is 262 g/mol. The van der Waals surface area contributed by atoms with Crippen LogP contribution in [0.5, 0.6) is 0 Å². The number of hydrogen-bond acceptors (Lipinski definition) is 2. The van der Waals surface area contributed by atoms with Crippen molar-refractivity contribution >= 4 is 11.7 Å². The van der Waals surface area contributed by atoms with Gasteiger partial charge in [-0.25, -0.2) is 0 Å². The standard InChI is InChI=1S/C18H21NO2/c1-3-16-11-14(7-9-17(16)13(2)20)8-10-18(21)19-12-15-5-4-6-15/h4-7,9,11H,3,8,10,12H2,1-2H3,(H,19,21). The van der Waals surface area contributed by atoms with Crippen LogP contribution in [0.25, 0.3) is 0 Å². The van der Waals surface area contributed by atoms with E-state index < -0.39 is 0 Å². The third-order valence-corrected chi connectivity index (χ3v) is 3.68. The topological polar surface area (TPSA) is 46.2 Å². The normalized spacial score (nSPS) is 12.6. The number of rotatable bonds is 7. The minimum Gasteiger partial charge on any atom is -0.352 e. The lowest BCUT2D eigenvalue weighted by Gasteiger charge is -2.10. The summed E-state index contributed by atoms with van der Waals surface area (Å²) in [6.45, 7) is 4.24. The first-order valence-corrected chi connectivity index (χ1v) is 7.37. The van der Waals surface area contributed by atoms with Crippen molar-refractivity contribution in [3.63, 3.8) is 0 Å². The van der Waals surface area contributed by atoms with Gasteiger partial charge in [0.1, 0.15) is 0 Å². The smallest absolute Gasteiger partial charge is 0.220 e. The van der Waals surface area contributed by atoms with Crippen LogP contribution in [0.3, 0.4) is 0 Å². The molecule has 0 radical (unpaired) electrons. The van der Waals surface area contributed by atoms with Gasteiger partial charge in [0.15, 0.2) is 5.78 Å². The Morgan fingerprint density at radius 2 is 2.00 bits per heavy atom. The van der Waals surface area contributed by atoms with E-state index in [1.165, 1.54) is 0 Å². The number of nitrogens with one attached hydrogen (secondary N) is 1. The van der Waals surface area contributed by atoms with Crippen LogP contribution in [0.1, 0.15) is 41.8 Å². The molecule has 0 aliphatic heterocycles. The molecule has 0 saturated heterocycles. The number of ketones is 1. The quantitative estimate of drug-likeness (QED) is 0.782. The second kappa shape index (κ2) is 7.02. The van der Waals surface area contributed by atoms with Gasteiger partial charge in [-0.2, -0.15) is 0 Å². The molecule has 3 nitrogen and oxygen atoms in total. The van der Waals surface area contributed by atoms with Gasteiger partial charge in [0.2, 0.25) is 5.91 Å². The average Bonchev–Trinajstić information content (AvgIpc) is 2.42. The van der Waals surface area contributed by atoms with Gasteiger partial charge in [0, 0.05) is 18.5 Å². The van der Waals surface area contributed by atoms with Crippen LogP contribution in [0.2, 0.25) is 0 Å². The summed E-state index contributed by atoms with van der Waals surface area (Å²) in [5.74, 6) is 0.155. The molecule has 0 spiro atoms. The van der Waals surface area contributed by atoms with E-state index in [2.05, 4.69) is 5.32 Å². The van der Waals surface area contributed by atoms with E-state index in [4.69, 9.17) is 0 Å². The van der Waals surface area contributed by atoms with Crippen LogP contribution in [0.4, 0.5) is 0 Å². The number of allylic oxidation sites excluding steroid dienone is 2. The molecule has 3 heteroatoms. The second-order valence-corrected chi connectivity index (χ2v) is 5.28. The largest absolute Gasteiger partial charge is 0.352 e. The lowest BCUT2D eigenvalue weighted by Crippen LogP contribution is -2.26. The first-order valence-electron chi connectivity index (χ1n) is 7.37. The van der Waals surface area contributed by atoms with Crippen LogP contribution in [-0.2, 0) is 17.6 Å². The predicted molar refractivity (Wildman–Crippen MR) is 84.4 cm³/mol. The van der Waals surface area contributed by atoms with E-state index in [-0.39, 0.29) is 11.7 Å². The third kappa shape index (κ3) is 4.15. The van der Waals surface area contributed by atoms with Crippen molar-refractivity contribution in [3.8, 4) is 0 Å². The fourth-order valence-corrected chi connectivity index (χ4v) is 2.34. The summed E-state index contributed by atoms with van der Waals surface area (Å²) >= 11 is 0. The van der Waals surface area contributed by atoms with Crippen LogP contribution >= 0.6 is 0 Å². The Morgan fingerprint density at radius 1 is 1.24 bits per heavy atom. The van der Waals surface area contributed by atoms with Crippen molar-refractivity contribution in [1.29, 1.82) is 0 Å². The van der Waals surface area contributed by atoms with E-state index >= 15 is 0 Å². The van der Waals surface area contributed by atoms with Gasteiger partial charge in [-0.3, -0.25) is 9.59 Å². The minimum atomic E-state index is 0.0601. The summed E-state index contributed by atoms with van der Waals surface area (Å²) in [5, 5.41) is 2.90. The predicted octanol–water partition coefficient (Wildman–Crippen LogP) is 3.00. The number of aryl methyl sites for hydroxylation is 2. The van der Waals surface area contributed by atoms with Crippen LogP contribution < -0.4 is 5.32 Å². The highest BCUT2D eigenvalue weighted by Gasteiger charge is 2.08. The van der Waals surface area contributed by atoms with Gasteiger partial charge in [0.25, 0.3) is 0 Å². The SMILES string of the molecule is CCc1cc(CCC(=O)NCC2=CC=C2)ccc1C(C)=O. The fraction of sp³-hybridized carbons (Fsp3) is 0.333. The average molecular weight is 283 g/mol. The molecule has 0 aromatic heterocycles. The van der Waals surface area contributed by atoms with Gasteiger partial charge in [-0.1, -0.05) is 43.4 Å². The fourth-order valence-electron chi connectivity index (χ4n) is 2.34. The molecular formula is C18H21NO2. The number of amides is 1. The molecule has 1 aliphatic carbocycles. The van der Waals surface area contributed by atoms with Gasteiger partial charge >= 0.3 is 0 Å². The molecule has 1 aromatic rings. The van der Waals surface area contributed by atoms with Gasteiger partial charge < -0.3 is 5.32 Å². The Labute approximate surface area is 125 Å². The molecule has 0 atom stereocenters. The van der Waals surface area contributed by atoms with Crippen molar-refractivity contribution in [1.82, 2.24) is 5.32 Å². The first-order chi connectivity index (χ1) is 10.1. The maximum Gasteiger partial charge on any atom is 0.220 e. The van der Waals surface area contributed by atoms with Gasteiger partial charge in [0.05, 0.1) is 0 Å². The summed E-state index contributed by atoms with van der Waals surface area (Å²) in [6, 6.07) is 5.86. The highest BCUT2D eigenvalue weighted by Crippen LogP contribution is 2.15. The van der Waals surface area contributed by atoms with E-state index in [1.54, 1.807) is 6.92 Å². The molecule has 110 valence electrons. The van der Waals surface area contributed by atoms with Crippen LogP contribution in [-0.4, -0.2) is 18.2 Å². The molecule has 2 rings (SSSR count). The van der Waals surface area contributed by atoms with Crippen LogP contribution in [0.15, 0.2) is 42.0 Å². The summed E-state index contributed by atoms with van der Waals surface area (Å²) in [7, 11) is 0. The molecule has 1 amide bonds. The van der Waals surface area contributed by atoms with Crippen LogP contribution in [0, 0.1) is 0 Å². The van der Waals surface area contributed by atoms with Crippen molar-refractivity contribution < 1.29 is 9.59 Å². The highest BCUT2D eigenvalue weighted by atomic mass is 16.1. The summed E-state index contributed by atoms with van der Waals surface area (Å²) < 4.78 is 0. The summed E-state index contributed by atoms with van der Waals surface area (Å²) in [5.41, 5.74) is 4.11. The Balaban J connectivity index is 1.87. The lowest BCUT2D eigenvalue weighted by atomic mass is 9.97. The Kier molecular flexibility index (Phi) is 5.09. The molecule has 0 fully saturated rings. The molecule has 21 heavy (non-hydrogen) atoms. The van der Waals surface area contributed by atoms with Gasteiger partial charge in [-0.15, -0.1) is 0 Å². The molecule has 0 unspecified atom stereocenters. The zero-order valence-electron chi connectivity index (χ0n) is 12.6. The molecule has 0 heterocycles. The third-order valence-electron chi connectivity index (χ3n) is 3.68.